The fourth-order valence-electron chi connectivity index (χ4n) is 1.35. The number of anilines is 1. The molecular formula is C12H11N4O3S-. The number of nitrogens with one attached hydrogen (secondary N) is 1. The highest BCUT2D eigenvalue weighted by atomic mass is 32.2. The van der Waals surface area contributed by atoms with Crippen LogP contribution in [0.25, 0.3) is 0 Å². The minimum atomic E-state index is -4.29. The molecule has 1 heterocycles. The van der Waals surface area contributed by atoms with E-state index >= 15 is 0 Å². The zero-order chi connectivity index (χ0) is 14.4. The first-order valence-corrected chi connectivity index (χ1v) is 7.20. The summed E-state index contributed by atoms with van der Waals surface area (Å²) in [6, 6.07) is 10.1. The van der Waals surface area contributed by atoms with Gasteiger partial charge in [-0.3, -0.25) is 4.98 Å². The van der Waals surface area contributed by atoms with Crippen molar-refractivity contribution < 1.29 is 13.0 Å². The van der Waals surface area contributed by atoms with Crippen molar-refractivity contribution in [3.05, 3.63) is 48.8 Å². The van der Waals surface area contributed by atoms with E-state index in [0.29, 0.717) is 17.1 Å². The number of rotatable bonds is 5. The van der Waals surface area contributed by atoms with Gasteiger partial charge in [0.2, 0.25) is 0 Å². The van der Waals surface area contributed by atoms with Gasteiger partial charge in [-0.1, -0.05) is 0 Å². The van der Waals surface area contributed by atoms with Gasteiger partial charge in [-0.25, -0.2) is 8.42 Å². The van der Waals surface area contributed by atoms with E-state index in [2.05, 4.69) is 20.5 Å². The second-order valence-corrected chi connectivity index (χ2v) is 5.24. The first-order chi connectivity index (χ1) is 9.53. The number of nitrogens with zero attached hydrogens (tertiary/aromatic N) is 3. The van der Waals surface area contributed by atoms with E-state index in [-0.39, 0.29) is 0 Å². The molecule has 7 nitrogen and oxygen atoms in total. The highest BCUT2D eigenvalue weighted by Crippen LogP contribution is 2.19. The molecule has 0 saturated carbocycles. The molecule has 0 bridgehead atoms. The molecule has 0 unspecified atom stereocenters. The summed E-state index contributed by atoms with van der Waals surface area (Å²) >= 11 is 0. The van der Waals surface area contributed by atoms with Crippen molar-refractivity contribution in [3.63, 3.8) is 0 Å². The molecule has 8 heteroatoms. The van der Waals surface area contributed by atoms with Gasteiger partial charge < -0.3 is 9.87 Å². The van der Waals surface area contributed by atoms with Crippen LogP contribution >= 0.6 is 0 Å². The minimum Gasteiger partial charge on any atom is -0.747 e. The van der Waals surface area contributed by atoms with E-state index in [0.717, 1.165) is 0 Å². The van der Waals surface area contributed by atoms with E-state index in [4.69, 9.17) is 0 Å². The Morgan fingerprint density at radius 3 is 2.40 bits per heavy atom. The van der Waals surface area contributed by atoms with E-state index in [1.165, 1.54) is 0 Å². The second-order valence-electron chi connectivity index (χ2n) is 3.84. The number of benzene rings is 1. The van der Waals surface area contributed by atoms with Gasteiger partial charge in [-0.2, -0.15) is 5.11 Å². The van der Waals surface area contributed by atoms with Crippen LogP contribution in [-0.4, -0.2) is 23.8 Å². The lowest BCUT2D eigenvalue weighted by molar-refractivity contribution is 0.465. The quantitative estimate of drug-likeness (QED) is 0.672. The highest BCUT2D eigenvalue weighted by Gasteiger charge is 1.96. The van der Waals surface area contributed by atoms with Crippen molar-refractivity contribution >= 4 is 27.2 Å². The molecule has 0 aliphatic rings. The van der Waals surface area contributed by atoms with Crippen molar-refractivity contribution in [1.82, 2.24) is 4.98 Å². The monoisotopic (exact) mass is 291 g/mol. The molecule has 0 aliphatic carbocycles. The Hall–Kier alpha value is -2.32. The summed E-state index contributed by atoms with van der Waals surface area (Å²) in [7, 11) is -4.29. The molecule has 20 heavy (non-hydrogen) atoms. The van der Waals surface area contributed by atoms with Crippen LogP contribution in [0.3, 0.4) is 0 Å². The van der Waals surface area contributed by atoms with E-state index in [9.17, 15) is 13.0 Å². The third-order valence-corrected chi connectivity index (χ3v) is 2.75. The van der Waals surface area contributed by atoms with Crippen molar-refractivity contribution in [2.75, 3.05) is 11.2 Å². The van der Waals surface area contributed by atoms with Crippen LogP contribution in [0.4, 0.5) is 17.1 Å². The summed E-state index contributed by atoms with van der Waals surface area (Å²) in [4.78, 5) is 3.91. The van der Waals surface area contributed by atoms with Crippen molar-refractivity contribution in [3.8, 4) is 0 Å². The molecule has 1 N–H and O–H groups in total. The maximum Gasteiger partial charge on any atom is 0.113 e. The molecular weight excluding hydrogens is 280 g/mol. The average molecular weight is 291 g/mol. The maximum absolute atomic E-state index is 10.5. The number of hydrogen-bond acceptors (Lipinski definition) is 7. The fourth-order valence-corrected chi connectivity index (χ4v) is 1.69. The number of pyridine rings is 1. The Balaban J connectivity index is 2.00. The Labute approximate surface area is 116 Å². The molecule has 0 amide bonds. The molecule has 0 atom stereocenters. The third-order valence-electron chi connectivity index (χ3n) is 2.25. The zero-order valence-corrected chi connectivity index (χ0v) is 11.1. The van der Waals surface area contributed by atoms with Gasteiger partial charge >= 0.3 is 0 Å². The summed E-state index contributed by atoms with van der Waals surface area (Å²) in [6.07, 6.45) is 3.22. The summed E-state index contributed by atoms with van der Waals surface area (Å²) < 4.78 is 31.4. The van der Waals surface area contributed by atoms with Gasteiger partial charge in [0, 0.05) is 11.9 Å². The Kier molecular flexibility index (Phi) is 4.38. The second kappa shape index (κ2) is 6.22. The van der Waals surface area contributed by atoms with Crippen LogP contribution in [-0.2, 0) is 10.1 Å². The number of hydrogen-bond donors (Lipinski definition) is 1. The molecule has 0 fully saturated rings. The normalized spacial score (nSPS) is 11.7. The van der Waals surface area contributed by atoms with E-state index < -0.39 is 16.0 Å². The lowest BCUT2D eigenvalue weighted by Crippen LogP contribution is -2.12. The Morgan fingerprint density at radius 2 is 1.80 bits per heavy atom. The standard InChI is InChI=1S/C12H12N4O3S/c17-20(18,19)9-14-10-3-5-11(6-4-10)15-16-12-2-1-7-13-8-12/h1-8,14H,9H2,(H,17,18,19)/p-1. The highest BCUT2D eigenvalue weighted by molar-refractivity contribution is 7.85. The minimum absolute atomic E-state index is 0.518. The summed E-state index contributed by atoms with van der Waals surface area (Å²) in [5.74, 6) is -0.649. The van der Waals surface area contributed by atoms with Gasteiger partial charge in [0.15, 0.2) is 0 Å². The molecule has 0 radical (unpaired) electrons. The molecule has 1 aromatic carbocycles. The number of aromatic nitrogens is 1. The van der Waals surface area contributed by atoms with E-state index in [1.807, 2.05) is 0 Å². The van der Waals surface area contributed by atoms with Crippen molar-refractivity contribution in [2.45, 2.75) is 0 Å². The molecule has 0 saturated heterocycles. The fraction of sp³-hybridized carbons (Fsp3) is 0.0833. The van der Waals surface area contributed by atoms with Crippen LogP contribution in [0, 0.1) is 0 Å². The SMILES string of the molecule is O=S(=O)([O-])CNc1ccc(N=Nc2cccnc2)cc1. The van der Waals surface area contributed by atoms with Crippen LogP contribution in [0.2, 0.25) is 0 Å². The average Bonchev–Trinajstić information content (AvgIpc) is 2.44. The van der Waals surface area contributed by atoms with Gasteiger partial charge in [0.05, 0.1) is 11.9 Å². The van der Waals surface area contributed by atoms with E-state index in [1.54, 1.807) is 48.8 Å². The first kappa shape index (κ1) is 14.1. The first-order valence-electron chi connectivity index (χ1n) is 5.62. The van der Waals surface area contributed by atoms with Gasteiger partial charge in [-0.05, 0) is 36.4 Å². The van der Waals surface area contributed by atoms with Crippen LogP contribution < -0.4 is 5.32 Å². The summed E-state index contributed by atoms with van der Waals surface area (Å²) in [5, 5.41) is 10.5. The zero-order valence-electron chi connectivity index (χ0n) is 10.3. The third kappa shape index (κ3) is 4.75. The van der Waals surface area contributed by atoms with Crippen LogP contribution in [0.15, 0.2) is 59.0 Å². The maximum atomic E-state index is 10.5. The molecule has 2 aromatic rings. The van der Waals surface area contributed by atoms with Crippen molar-refractivity contribution in [2.24, 2.45) is 10.2 Å². The lowest BCUT2D eigenvalue weighted by atomic mass is 10.3. The number of azo groups is 1. The summed E-state index contributed by atoms with van der Waals surface area (Å²) in [5.41, 5.74) is 1.75. The van der Waals surface area contributed by atoms with Gasteiger partial charge in [0.1, 0.15) is 21.7 Å². The predicted octanol–water partition coefficient (Wildman–Crippen LogP) is 2.41. The van der Waals surface area contributed by atoms with Crippen molar-refractivity contribution in [1.29, 1.82) is 0 Å². The Bertz CT molecular complexity index is 684. The molecule has 0 aliphatic heterocycles. The van der Waals surface area contributed by atoms with Crippen LogP contribution in [0.1, 0.15) is 0 Å². The van der Waals surface area contributed by atoms with Gasteiger partial charge in [0.25, 0.3) is 0 Å². The summed E-state index contributed by atoms with van der Waals surface area (Å²) in [6.45, 7) is 0. The largest absolute Gasteiger partial charge is 0.747 e. The predicted molar refractivity (Wildman–Crippen MR) is 73.0 cm³/mol. The topological polar surface area (TPSA) is 107 Å². The van der Waals surface area contributed by atoms with Crippen LogP contribution in [0.5, 0.6) is 0 Å². The molecule has 0 spiro atoms. The molecule has 104 valence electrons. The van der Waals surface area contributed by atoms with Gasteiger partial charge in [-0.15, -0.1) is 5.11 Å². The lowest BCUT2D eigenvalue weighted by Gasteiger charge is -2.09. The Morgan fingerprint density at radius 1 is 1.10 bits per heavy atom. The molecule has 1 aromatic heterocycles. The smallest absolute Gasteiger partial charge is 0.113 e. The molecule has 2 rings (SSSR count).